The van der Waals surface area contributed by atoms with E-state index in [0.717, 1.165) is 21.7 Å². The maximum absolute atomic E-state index is 14.7. The average Bonchev–Trinajstić information content (AvgIpc) is 4.04. The van der Waals surface area contributed by atoms with Crippen molar-refractivity contribution in [3.8, 4) is 0 Å². The molecule has 6 aromatic rings. The average molecular weight is 956 g/mol. The molecule has 0 unspecified atom stereocenters. The van der Waals surface area contributed by atoms with Gasteiger partial charge < -0.3 is 59.1 Å². The van der Waals surface area contributed by atoms with Gasteiger partial charge in [-0.2, -0.15) is 0 Å². The number of hydrogen-bond donors (Lipinski definition) is 11. The first-order chi connectivity index (χ1) is 34.1. The van der Waals surface area contributed by atoms with Crippen LogP contribution in [0, 0.1) is 0 Å². The highest BCUT2D eigenvalue weighted by Crippen LogP contribution is 2.20. The number of para-hydroxylation sites is 1. The van der Waals surface area contributed by atoms with Crippen LogP contribution < -0.4 is 49.1 Å². The highest BCUT2D eigenvalue weighted by Gasteiger charge is 2.33. The monoisotopic (exact) mass is 955 g/mol. The number of H-pyrrole nitrogens is 2. The number of rotatable bonds is 25. The summed E-state index contributed by atoms with van der Waals surface area (Å²) < 4.78 is 9.27. The van der Waals surface area contributed by atoms with Crippen molar-refractivity contribution in [3.05, 3.63) is 138 Å². The zero-order valence-corrected chi connectivity index (χ0v) is 39.2. The number of imidazole rings is 1. The number of primary amides is 1. The molecule has 2 aromatic heterocycles. The number of hydrogen-bond acceptors (Lipinski definition) is 10. The van der Waals surface area contributed by atoms with Gasteiger partial charge in [0.2, 0.25) is 41.4 Å². The number of unbranched alkanes of at least 4 members (excludes halogenated alkanes) is 1. The number of nitrogens with two attached hydrogens (primary N) is 3. The van der Waals surface area contributed by atoms with Gasteiger partial charge >= 0.3 is 0 Å². The fourth-order valence-corrected chi connectivity index (χ4v) is 7.94. The molecule has 0 aliphatic carbocycles. The summed E-state index contributed by atoms with van der Waals surface area (Å²) in [6.45, 7) is 3.19. The normalized spacial score (nSPS) is 14.4. The first-order valence-corrected chi connectivity index (χ1v) is 23.2. The molecule has 0 aliphatic heterocycles. The van der Waals surface area contributed by atoms with Crippen LogP contribution in [0.25, 0.3) is 21.7 Å². The van der Waals surface area contributed by atoms with E-state index in [9.17, 15) is 35.0 Å². The molecule has 4 aromatic carbocycles. The van der Waals surface area contributed by atoms with Gasteiger partial charge in [-0.1, -0.05) is 91.0 Å². The molecule has 14 N–H and O–H groups in total. The lowest BCUT2D eigenvalue weighted by molar-refractivity contribution is -0.135. The Morgan fingerprint density at radius 1 is 0.614 bits per heavy atom. The molecule has 0 spiro atoms. The predicted molar refractivity (Wildman–Crippen MR) is 265 cm³/mol. The summed E-state index contributed by atoms with van der Waals surface area (Å²) in [5.74, 6) is -5.47. The maximum Gasteiger partial charge on any atom is 0.243 e. The summed E-state index contributed by atoms with van der Waals surface area (Å²) in [4.78, 5) is 107. The number of nitrogens with zero attached hydrogens (tertiary/aromatic N) is 1. The van der Waals surface area contributed by atoms with E-state index in [1.165, 1.54) is 26.4 Å². The molecule has 0 fully saturated rings. The number of aromatic amines is 2. The van der Waals surface area contributed by atoms with Crippen LogP contribution in [0.3, 0.4) is 0 Å². The van der Waals surface area contributed by atoms with Crippen LogP contribution in [0.1, 0.15) is 55.5 Å². The van der Waals surface area contributed by atoms with Gasteiger partial charge in [0.1, 0.15) is 36.3 Å². The lowest BCUT2D eigenvalue weighted by Crippen LogP contribution is -2.60. The molecule has 0 bridgehead atoms. The van der Waals surface area contributed by atoms with Crippen molar-refractivity contribution in [2.24, 2.45) is 17.2 Å². The Bertz CT molecular complexity index is 2790. The smallest absolute Gasteiger partial charge is 0.243 e. The summed E-state index contributed by atoms with van der Waals surface area (Å²) in [6.07, 6.45) is 5.60. The van der Waals surface area contributed by atoms with E-state index in [1.807, 2.05) is 60.7 Å². The number of fused-ring (bicyclic) bond motifs is 2. The summed E-state index contributed by atoms with van der Waals surface area (Å²) in [6, 6.07) is 20.4. The van der Waals surface area contributed by atoms with Crippen molar-refractivity contribution >= 4 is 63.0 Å². The number of carbonyl (C=O) groups is 7. The van der Waals surface area contributed by atoms with E-state index < -0.39 is 83.6 Å². The molecule has 0 saturated heterocycles. The fourth-order valence-electron chi connectivity index (χ4n) is 7.94. The Labute approximate surface area is 406 Å². The number of amides is 7. The van der Waals surface area contributed by atoms with Crippen molar-refractivity contribution in [2.75, 3.05) is 6.54 Å². The third kappa shape index (κ3) is 14.6. The third-order valence-electron chi connectivity index (χ3n) is 11.8. The second kappa shape index (κ2) is 24.9. The standard InChI is InChI=1S/C51H62N12O7/c1-30(53)46(65)60-44(26-37-28-55-29-57-37)51(70)63-42(24-33-19-20-34-14-6-7-15-35(34)22-33)48(67)58-31(2)47(66)61-43(25-36-27-56-39-17-9-8-16-38(36)39)50(69)62-41(23-32-12-4-3-5-13-32)49(68)59-40(45(54)64)18-10-11-21-52/h3-9,12-17,19-20,22,27-31,40-44,56H,10-11,18,21,23-26,52-53H2,1-2H3,(H2,54,64)(H,55,57)(H,58,67)(H,59,68)(H,60,65)(H,61,66)(H,62,69)(H,63,70)/t30-,31-,40-,41-,42+,43-,44-/m0/s1/i/hD. The van der Waals surface area contributed by atoms with Crippen molar-refractivity contribution < 1.29 is 35.0 Å². The van der Waals surface area contributed by atoms with Gasteiger partial charge in [-0.15, -0.1) is 0 Å². The molecular weight excluding hydrogens is 893 g/mol. The maximum atomic E-state index is 14.7. The van der Waals surface area contributed by atoms with Crippen LogP contribution in [0.15, 0.2) is 116 Å². The Hall–Kier alpha value is -7.90. The Kier molecular flexibility index (Phi) is 17.8. The number of aromatic nitrogens is 3. The minimum atomic E-state index is -1.58. The number of nitrogens with one attached hydrogen (secondary N) is 8. The largest absolute Gasteiger partial charge is 0.368 e. The number of benzene rings is 4. The summed E-state index contributed by atoms with van der Waals surface area (Å²) >= 11 is 0. The lowest BCUT2D eigenvalue weighted by atomic mass is 10.00. The molecule has 6 rings (SSSR count). The van der Waals surface area contributed by atoms with Crippen LogP contribution in [0.2, 0.25) is 1.41 Å². The predicted octanol–water partition coefficient (Wildman–Crippen LogP) is 1.21. The van der Waals surface area contributed by atoms with Gasteiger partial charge in [0.25, 0.3) is 0 Å². The third-order valence-corrected chi connectivity index (χ3v) is 11.8. The first kappa shape index (κ1) is 50.0. The van der Waals surface area contributed by atoms with E-state index in [1.54, 1.807) is 42.6 Å². The van der Waals surface area contributed by atoms with Gasteiger partial charge in [0, 0.05) is 54.7 Å². The molecule has 368 valence electrons. The molecule has 0 aliphatic rings. The first-order valence-electron chi connectivity index (χ1n) is 23.7. The van der Waals surface area contributed by atoms with Gasteiger partial charge in [-0.25, -0.2) is 4.98 Å². The Balaban J connectivity index is 1.27. The fraction of sp³-hybridized carbons (Fsp3) is 0.333. The van der Waals surface area contributed by atoms with Crippen LogP contribution >= 0.6 is 0 Å². The molecule has 19 nitrogen and oxygen atoms in total. The zero-order chi connectivity index (χ0) is 51.0. The summed E-state index contributed by atoms with van der Waals surface area (Å²) in [7, 11) is 0. The van der Waals surface area contributed by atoms with E-state index >= 15 is 0 Å². The SMILES string of the molecule is [2H]N(C(=O)[C@H](C)NC(=O)[C@@H](Cc1ccc2ccccc2c1)NC(=O)[C@H](Cc1cnc[nH]1)NC(=O)[C@H](C)N)[C@@H](Cc1c[nH]c2ccccc12)C(=O)N[C@@H](Cc1ccccc1)C(=O)N[C@@H](CCCCN)C(N)=O. The van der Waals surface area contributed by atoms with Gasteiger partial charge in [-0.05, 0) is 73.2 Å². The second-order valence-corrected chi connectivity index (χ2v) is 17.4. The highest BCUT2D eigenvalue weighted by atomic mass is 16.2. The quantitative estimate of drug-likeness (QED) is 0.0365. The minimum absolute atomic E-state index is 0.0209. The Morgan fingerprint density at radius 3 is 1.89 bits per heavy atom. The van der Waals surface area contributed by atoms with Crippen LogP contribution in [0.5, 0.6) is 0 Å². The van der Waals surface area contributed by atoms with Crippen molar-refractivity contribution in [2.45, 2.75) is 101 Å². The van der Waals surface area contributed by atoms with Crippen molar-refractivity contribution in [1.82, 2.24) is 46.8 Å². The van der Waals surface area contributed by atoms with E-state index in [2.05, 4.69) is 41.5 Å². The van der Waals surface area contributed by atoms with Gasteiger partial charge in [0.05, 0.1) is 12.4 Å². The second-order valence-electron chi connectivity index (χ2n) is 17.4. The van der Waals surface area contributed by atoms with Crippen LogP contribution in [0.4, 0.5) is 0 Å². The van der Waals surface area contributed by atoms with E-state index in [-0.39, 0.29) is 32.1 Å². The zero-order valence-electron chi connectivity index (χ0n) is 40.2. The molecule has 0 radical (unpaired) electrons. The van der Waals surface area contributed by atoms with Crippen LogP contribution in [-0.2, 0) is 59.2 Å². The van der Waals surface area contributed by atoms with Crippen LogP contribution in [-0.4, -0.2) is 105 Å². The number of carbonyl (C=O) groups excluding carboxylic acids is 7. The molecular formula is C51H62N12O7. The van der Waals surface area contributed by atoms with E-state index in [0.29, 0.717) is 47.1 Å². The molecule has 7 atom stereocenters. The topological polar surface area (TPSA) is 314 Å². The minimum Gasteiger partial charge on any atom is -0.368 e. The van der Waals surface area contributed by atoms with Crippen molar-refractivity contribution in [1.29, 1.82) is 0 Å². The molecule has 2 heterocycles. The lowest BCUT2D eigenvalue weighted by Gasteiger charge is -2.27. The van der Waals surface area contributed by atoms with E-state index in [4.69, 9.17) is 17.2 Å². The molecule has 19 heteroatoms. The highest BCUT2D eigenvalue weighted by molar-refractivity contribution is 5.98. The molecule has 0 saturated carbocycles. The van der Waals surface area contributed by atoms with Gasteiger partial charge in [0.15, 0.2) is 1.41 Å². The molecule has 7 amide bonds. The summed E-state index contributed by atoms with van der Waals surface area (Å²) in [5.41, 5.74) is 20.3. The van der Waals surface area contributed by atoms with Crippen molar-refractivity contribution in [3.63, 3.8) is 0 Å². The summed E-state index contributed by atoms with van der Waals surface area (Å²) in [5, 5.41) is 16.5. The van der Waals surface area contributed by atoms with Gasteiger partial charge in [-0.3, -0.25) is 33.6 Å². The molecule has 70 heavy (non-hydrogen) atoms. The Morgan fingerprint density at radius 2 is 1.21 bits per heavy atom.